The van der Waals surface area contributed by atoms with Crippen LogP contribution in [0.15, 0.2) is 6.07 Å². The number of nitrogens with one attached hydrogen (secondary N) is 1. The van der Waals surface area contributed by atoms with Crippen molar-refractivity contribution in [1.29, 1.82) is 0 Å². The number of nitrogen functional groups attached to an aromatic ring is 1. The summed E-state index contributed by atoms with van der Waals surface area (Å²) in [6, 6.07) is 1.96. The average Bonchev–Trinajstić information content (AvgIpc) is 2.27. The molecule has 0 fully saturated rings. The Morgan fingerprint density at radius 2 is 2.06 bits per heavy atom. The van der Waals surface area contributed by atoms with E-state index in [-0.39, 0.29) is 5.54 Å². The minimum atomic E-state index is 0.0622. The van der Waals surface area contributed by atoms with Gasteiger partial charge in [-0.2, -0.15) is 4.98 Å². The van der Waals surface area contributed by atoms with E-state index >= 15 is 0 Å². The maximum atomic E-state index is 5.34. The lowest BCUT2D eigenvalue weighted by atomic mass is 10.00. The van der Waals surface area contributed by atoms with Crippen LogP contribution >= 0.6 is 0 Å². The van der Waals surface area contributed by atoms with Crippen LogP contribution in [0, 0.1) is 6.92 Å². The van der Waals surface area contributed by atoms with Crippen LogP contribution in [0.2, 0.25) is 0 Å². The van der Waals surface area contributed by atoms with Crippen LogP contribution in [0.3, 0.4) is 0 Å². The first-order chi connectivity index (χ1) is 7.40. The van der Waals surface area contributed by atoms with Gasteiger partial charge in [-0.25, -0.2) is 10.8 Å². The van der Waals surface area contributed by atoms with Gasteiger partial charge in [0.15, 0.2) is 0 Å². The van der Waals surface area contributed by atoms with Gasteiger partial charge in [0.2, 0.25) is 5.95 Å². The molecule has 0 aliphatic heterocycles. The van der Waals surface area contributed by atoms with Crippen LogP contribution in [0.25, 0.3) is 0 Å². The number of aryl methyl sites for hydroxylation is 1. The van der Waals surface area contributed by atoms with Crippen molar-refractivity contribution in [2.75, 3.05) is 17.4 Å². The lowest BCUT2D eigenvalue weighted by molar-refractivity contribution is 0.467. The van der Waals surface area contributed by atoms with E-state index in [0.29, 0.717) is 5.95 Å². The summed E-state index contributed by atoms with van der Waals surface area (Å²) in [7, 11) is 2.03. The third-order valence-electron chi connectivity index (χ3n) is 3.09. The fourth-order valence-corrected chi connectivity index (χ4v) is 1.34. The summed E-state index contributed by atoms with van der Waals surface area (Å²) in [4.78, 5) is 10.7. The van der Waals surface area contributed by atoms with E-state index in [1.165, 1.54) is 0 Å². The highest BCUT2D eigenvalue weighted by Crippen LogP contribution is 2.23. The quantitative estimate of drug-likeness (QED) is 0.600. The van der Waals surface area contributed by atoms with Crippen molar-refractivity contribution in [3.8, 4) is 0 Å². The fraction of sp³-hybridized carbons (Fsp3) is 0.636. The second-order valence-electron chi connectivity index (χ2n) is 4.56. The number of hydrogen-bond donors (Lipinski definition) is 2. The summed E-state index contributed by atoms with van der Waals surface area (Å²) in [5.74, 6) is 6.67. The molecule has 0 saturated carbocycles. The highest BCUT2D eigenvalue weighted by atomic mass is 15.3. The van der Waals surface area contributed by atoms with E-state index in [0.717, 1.165) is 17.9 Å². The number of hydrazine groups is 1. The Balaban J connectivity index is 3.08. The molecule has 1 aromatic heterocycles. The van der Waals surface area contributed by atoms with Crippen LogP contribution in [-0.2, 0) is 0 Å². The van der Waals surface area contributed by atoms with Crippen LogP contribution in [0.5, 0.6) is 0 Å². The van der Waals surface area contributed by atoms with E-state index in [1.807, 2.05) is 20.0 Å². The fourth-order valence-electron chi connectivity index (χ4n) is 1.34. The molecule has 5 nitrogen and oxygen atoms in total. The van der Waals surface area contributed by atoms with Crippen molar-refractivity contribution in [3.05, 3.63) is 11.8 Å². The molecule has 1 aromatic rings. The summed E-state index contributed by atoms with van der Waals surface area (Å²) >= 11 is 0. The van der Waals surface area contributed by atoms with Gasteiger partial charge in [-0.3, -0.25) is 5.43 Å². The molecule has 1 rings (SSSR count). The van der Waals surface area contributed by atoms with Crippen molar-refractivity contribution in [2.45, 2.75) is 39.7 Å². The van der Waals surface area contributed by atoms with Crippen LogP contribution < -0.4 is 16.2 Å². The van der Waals surface area contributed by atoms with Gasteiger partial charge >= 0.3 is 0 Å². The van der Waals surface area contributed by atoms with Crippen LogP contribution in [0.4, 0.5) is 11.8 Å². The summed E-state index contributed by atoms with van der Waals surface area (Å²) in [6.45, 7) is 8.45. The van der Waals surface area contributed by atoms with Crippen molar-refractivity contribution in [3.63, 3.8) is 0 Å². The first kappa shape index (κ1) is 12.7. The van der Waals surface area contributed by atoms with Crippen LogP contribution in [0.1, 0.15) is 32.9 Å². The minimum absolute atomic E-state index is 0.0622. The Labute approximate surface area is 97.0 Å². The predicted molar refractivity (Wildman–Crippen MR) is 67.4 cm³/mol. The number of rotatable bonds is 4. The molecule has 0 aromatic carbocycles. The molecule has 0 bridgehead atoms. The first-order valence-corrected chi connectivity index (χ1v) is 5.47. The first-order valence-electron chi connectivity index (χ1n) is 5.47. The number of nitrogens with two attached hydrogens (primary N) is 1. The molecule has 0 radical (unpaired) electrons. The Morgan fingerprint density at radius 1 is 1.44 bits per heavy atom. The van der Waals surface area contributed by atoms with Crippen LogP contribution in [-0.4, -0.2) is 22.6 Å². The van der Waals surface area contributed by atoms with Gasteiger partial charge in [0.05, 0.1) is 0 Å². The number of aromatic nitrogens is 2. The molecule has 0 aliphatic carbocycles. The molecule has 5 heteroatoms. The monoisotopic (exact) mass is 223 g/mol. The molecule has 0 spiro atoms. The van der Waals surface area contributed by atoms with Gasteiger partial charge in [-0.15, -0.1) is 0 Å². The molecular weight excluding hydrogens is 202 g/mol. The highest BCUT2D eigenvalue weighted by molar-refractivity contribution is 5.45. The summed E-state index contributed by atoms with van der Waals surface area (Å²) in [5.41, 5.74) is 3.45. The zero-order valence-corrected chi connectivity index (χ0v) is 10.7. The van der Waals surface area contributed by atoms with E-state index in [2.05, 4.69) is 41.1 Å². The third-order valence-corrected chi connectivity index (χ3v) is 3.09. The molecule has 16 heavy (non-hydrogen) atoms. The summed E-state index contributed by atoms with van der Waals surface area (Å²) in [5, 5.41) is 0. The standard InChI is InChI=1S/C11H21N5/c1-6-11(3,4)16(5)9-7-8(2)13-10(14-9)15-12/h7H,6,12H2,1-5H3,(H,13,14,15). The van der Waals surface area contributed by atoms with E-state index in [1.54, 1.807) is 0 Å². The largest absolute Gasteiger partial charge is 0.354 e. The predicted octanol–water partition coefficient (Wildman–Crippen LogP) is 1.70. The van der Waals surface area contributed by atoms with E-state index in [4.69, 9.17) is 5.84 Å². The van der Waals surface area contributed by atoms with E-state index in [9.17, 15) is 0 Å². The second kappa shape index (κ2) is 4.65. The number of hydrogen-bond acceptors (Lipinski definition) is 5. The van der Waals surface area contributed by atoms with Gasteiger partial charge in [-0.1, -0.05) is 6.92 Å². The molecule has 0 aliphatic rings. The summed E-state index contributed by atoms with van der Waals surface area (Å²) < 4.78 is 0. The molecule has 3 N–H and O–H groups in total. The number of anilines is 2. The lowest BCUT2D eigenvalue weighted by Gasteiger charge is -2.36. The topological polar surface area (TPSA) is 67.1 Å². The summed E-state index contributed by atoms with van der Waals surface area (Å²) in [6.07, 6.45) is 1.04. The minimum Gasteiger partial charge on any atom is -0.354 e. The Bertz CT molecular complexity index is 361. The zero-order chi connectivity index (χ0) is 12.3. The molecule has 0 atom stereocenters. The zero-order valence-electron chi connectivity index (χ0n) is 10.7. The van der Waals surface area contributed by atoms with Crippen molar-refractivity contribution < 1.29 is 0 Å². The van der Waals surface area contributed by atoms with Gasteiger partial charge in [-0.05, 0) is 27.2 Å². The molecule has 0 amide bonds. The molecule has 90 valence electrons. The van der Waals surface area contributed by atoms with Gasteiger partial charge in [0.25, 0.3) is 0 Å². The second-order valence-corrected chi connectivity index (χ2v) is 4.56. The van der Waals surface area contributed by atoms with Gasteiger partial charge in [0.1, 0.15) is 5.82 Å². The maximum Gasteiger partial charge on any atom is 0.239 e. The smallest absolute Gasteiger partial charge is 0.239 e. The van der Waals surface area contributed by atoms with E-state index < -0.39 is 0 Å². The number of nitrogens with zero attached hydrogens (tertiary/aromatic N) is 3. The third kappa shape index (κ3) is 2.61. The van der Waals surface area contributed by atoms with Crippen molar-refractivity contribution in [2.24, 2.45) is 5.84 Å². The van der Waals surface area contributed by atoms with Crippen molar-refractivity contribution in [1.82, 2.24) is 9.97 Å². The van der Waals surface area contributed by atoms with Gasteiger partial charge in [0, 0.05) is 24.3 Å². The Hall–Kier alpha value is -1.36. The maximum absolute atomic E-state index is 5.34. The average molecular weight is 223 g/mol. The normalized spacial score (nSPS) is 11.4. The highest BCUT2D eigenvalue weighted by Gasteiger charge is 2.22. The Kier molecular flexibility index (Phi) is 3.70. The van der Waals surface area contributed by atoms with Crippen molar-refractivity contribution >= 4 is 11.8 Å². The SMILES string of the molecule is CCC(C)(C)N(C)c1cc(C)nc(NN)n1. The molecule has 1 heterocycles. The molecule has 0 unspecified atom stereocenters. The molecule has 0 saturated heterocycles. The lowest BCUT2D eigenvalue weighted by Crippen LogP contribution is -2.41. The Morgan fingerprint density at radius 3 is 2.56 bits per heavy atom. The molecular formula is C11H21N5. The van der Waals surface area contributed by atoms with Gasteiger partial charge < -0.3 is 4.90 Å².